The SMILES string of the molecule is FC(Cc1ccccc1)C1CCCN1. The minimum atomic E-state index is -0.736. The first kappa shape index (κ1) is 9.66. The van der Waals surface area contributed by atoms with Gasteiger partial charge in [0.2, 0.25) is 0 Å². The number of alkyl halides is 1. The molecule has 76 valence electrons. The number of benzene rings is 1. The molecule has 0 amide bonds. The van der Waals surface area contributed by atoms with E-state index in [1.807, 2.05) is 30.3 Å². The number of rotatable bonds is 3. The molecule has 1 heterocycles. The van der Waals surface area contributed by atoms with Gasteiger partial charge in [0.05, 0.1) is 0 Å². The van der Waals surface area contributed by atoms with Gasteiger partial charge in [-0.1, -0.05) is 30.3 Å². The molecule has 2 heteroatoms. The van der Waals surface area contributed by atoms with Crippen LogP contribution in [-0.4, -0.2) is 18.8 Å². The molecule has 0 bridgehead atoms. The van der Waals surface area contributed by atoms with Gasteiger partial charge in [0.1, 0.15) is 6.17 Å². The van der Waals surface area contributed by atoms with Crippen molar-refractivity contribution >= 4 is 0 Å². The van der Waals surface area contributed by atoms with Crippen molar-refractivity contribution in [3.63, 3.8) is 0 Å². The van der Waals surface area contributed by atoms with E-state index in [9.17, 15) is 4.39 Å². The Morgan fingerprint density at radius 1 is 1.36 bits per heavy atom. The van der Waals surface area contributed by atoms with Crippen molar-refractivity contribution in [2.75, 3.05) is 6.54 Å². The topological polar surface area (TPSA) is 12.0 Å². The largest absolute Gasteiger partial charge is 0.311 e. The van der Waals surface area contributed by atoms with Crippen LogP contribution in [0.1, 0.15) is 18.4 Å². The molecular weight excluding hydrogens is 177 g/mol. The van der Waals surface area contributed by atoms with Gasteiger partial charge in [-0.05, 0) is 24.9 Å². The predicted octanol–water partition coefficient (Wildman–Crippen LogP) is 2.32. The lowest BCUT2D eigenvalue weighted by atomic mass is 10.0. The fourth-order valence-electron chi connectivity index (χ4n) is 2.00. The molecule has 2 rings (SSSR count). The Hall–Kier alpha value is -0.890. The summed E-state index contributed by atoms with van der Waals surface area (Å²) in [5.74, 6) is 0. The van der Waals surface area contributed by atoms with E-state index in [-0.39, 0.29) is 6.04 Å². The van der Waals surface area contributed by atoms with Crippen molar-refractivity contribution in [1.82, 2.24) is 5.32 Å². The van der Waals surface area contributed by atoms with Crippen molar-refractivity contribution in [3.05, 3.63) is 35.9 Å². The highest BCUT2D eigenvalue weighted by Crippen LogP contribution is 2.16. The maximum Gasteiger partial charge on any atom is 0.119 e. The van der Waals surface area contributed by atoms with Crippen LogP contribution in [0, 0.1) is 0 Å². The van der Waals surface area contributed by atoms with Crippen molar-refractivity contribution in [2.24, 2.45) is 0 Å². The Balaban J connectivity index is 1.90. The average Bonchev–Trinajstić information content (AvgIpc) is 2.72. The minimum absolute atomic E-state index is 0.0789. The Labute approximate surface area is 84.3 Å². The summed E-state index contributed by atoms with van der Waals surface area (Å²) in [6.07, 6.45) is 1.90. The zero-order valence-electron chi connectivity index (χ0n) is 8.25. The normalized spacial score (nSPS) is 23.6. The predicted molar refractivity (Wildman–Crippen MR) is 56.1 cm³/mol. The Morgan fingerprint density at radius 2 is 2.14 bits per heavy atom. The summed E-state index contributed by atoms with van der Waals surface area (Å²) < 4.78 is 13.7. The highest BCUT2D eigenvalue weighted by atomic mass is 19.1. The van der Waals surface area contributed by atoms with Gasteiger partial charge >= 0.3 is 0 Å². The molecule has 14 heavy (non-hydrogen) atoms. The lowest BCUT2D eigenvalue weighted by Gasteiger charge is -2.15. The highest BCUT2D eigenvalue weighted by Gasteiger charge is 2.23. The molecule has 1 fully saturated rings. The summed E-state index contributed by atoms with van der Waals surface area (Å²) in [6, 6.07) is 9.94. The Kier molecular flexibility index (Phi) is 3.14. The maximum atomic E-state index is 13.7. The van der Waals surface area contributed by atoms with Gasteiger partial charge in [-0.3, -0.25) is 0 Å². The zero-order chi connectivity index (χ0) is 9.80. The second-order valence-electron chi connectivity index (χ2n) is 3.91. The van der Waals surface area contributed by atoms with Crippen molar-refractivity contribution < 1.29 is 4.39 Å². The Morgan fingerprint density at radius 3 is 2.79 bits per heavy atom. The molecule has 0 aliphatic carbocycles. The van der Waals surface area contributed by atoms with E-state index in [0.717, 1.165) is 24.9 Å². The van der Waals surface area contributed by atoms with Gasteiger partial charge in [0, 0.05) is 12.5 Å². The average molecular weight is 193 g/mol. The second kappa shape index (κ2) is 4.56. The molecule has 2 atom stereocenters. The van der Waals surface area contributed by atoms with E-state index in [0.29, 0.717) is 6.42 Å². The number of halogens is 1. The van der Waals surface area contributed by atoms with Crippen LogP contribution >= 0.6 is 0 Å². The summed E-state index contributed by atoms with van der Waals surface area (Å²) in [6.45, 7) is 0.972. The quantitative estimate of drug-likeness (QED) is 0.776. The van der Waals surface area contributed by atoms with Crippen LogP contribution in [0.5, 0.6) is 0 Å². The van der Waals surface area contributed by atoms with Gasteiger partial charge in [0.15, 0.2) is 0 Å². The number of hydrogen-bond donors (Lipinski definition) is 1. The van der Waals surface area contributed by atoms with Crippen molar-refractivity contribution in [1.29, 1.82) is 0 Å². The molecule has 1 N–H and O–H groups in total. The maximum absolute atomic E-state index is 13.7. The molecule has 0 spiro atoms. The number of nitrogens with one attached hydrogen (secondary N) is 1. The van der Waals surface area contributed by atoms with Gasteiger partial charge in [-0.2, -0.15) is 0 Å². The molecule has 0 radical (unpaired) electrons. The van der Waals surface area contributed by atoms with Crippen LogP contribution in [0.15, 0.2) is 30.3 Å². The smallest absolute Gasteiger partial charge is 0.119 e. The van der Waals surface area contributed by atoms with E-state index in [4.69, 9.17) is 0 Å². The lowest BCUT2D eigenvalue weighted by molar-refractivity contribution is 0.264. The summed E-state index contributed by atoms with van der Waals surface area (Å²) in [5, 5.41) is 3.20. The molecule has 1 aromatic rings. The Bertz CT molecular complexity index is 267. The first-order valence-electron chi connectivity index (χ1n) is 5.27. The van der Waals surface area contributed by atoms with Crippen LogP contribution in [0.25, 0.3) is 0 Å². The lowest BCUT2D eigenvalue weighted by Crippen LogP contribution is -2.33. The zero-order valence-corrected chi connectivity index (χ0v) is 8.25. The molecule has 1 saturated heterocycles. The minimum Gasteiger partial charge on any atom is -0.311 e. The third-order valence-electron chi connectivity index (χ3n) is 2.81. The fourth-order valence-corrected chi connectivity index (χ4v) is 2.00. The third kappa shape index (κ3) is 2.32. The van der Waals surface area contributed by atoms with Gasteiger partial charge in [-0.25, -0.2) is 4.39 Å². The monoisotopic (exact) mass is 193 g/mol. The summed E-state index contributed by atoms with van der Waals surface area (Å²) in [4.78, 5) is 0. The molecule has 1 nitrogen and oxygen atoms in total. The highest BCUT2D eigenvalue weighted by molar-refractivity contribution is 5.16. The van der Waals surface area contributed by atoms with E-state index < -0.39 is 6.17 Å². The van der Waals surface area contributed by atoms with Gasteiger partial charge in [0.25, 0.3) is 0 Å². The molecule has 1 aromatic carbocycles. The molecule has 0 saturated carbocycles. The van der Waals surface area contributed by atoms with Crippen LogP contribution in [0.3, 0.4) is 0 Å². The first-order chi connectivity index (χ1) is 6.86. The fraction of sp³-hybridized carbons (Fsp3) is 0.500. The molecule has 1 aliphatic rings. The van der Waals surface area contributed by atoms with Gasteiger partial charge in [-0.15, -0.1) is 0 Å². The van der Waals surface area contributed by atoms with Crippen LogP contribution in [0.2, 0.25) is 0 Å². The molecule has 0 aromatic heterocycles. The van der Waals surface area contributed by atoms with E-state index in [1.165, 1.54) is 0 Å². The van der Waals surface area contributed by atoms with Gasteiger partial charge < -0.3 is 5.32 Å². The third-order valence-corrected chi connectivity index (χ3v) is 2.81. The first-order valence-corrected chi connectivity index (χ1v) is 5.27. The number of hydrogen-bond acceptors (Lipinski definition) is 1. The second-order valence-corrected chi connectivity index (χ2v) is 3.91. The van der Waals surface area contributed by atoms with E-state index in [1.54, 1.807) is 0 Å². The van der Waals surface area contributed by atoms with Crippen LogP contribution < -0.4 is 5.32 Å². The van der Waals surface area contributed by atoms with Crippen LogP contribution in [-0.2, 0) is 6.42 Å². The van der Waals surface area contributed by atoms with Crippen LogP contribution in [0.4, 0.5) is 4.39 Å². The van der Waals surface area contributed by atoms with Crippen molar-refractivity contribution in [3.8, 4) is 0 Å². The van der Waals surface area contributed by atoms with E-state index >= 15 is 0 Å². The standard InChI is InChI=1S/C12H16FN/c13-11(12-7-4-8-14-12)9-10-5-2-1-3-6-10/h1-3,5-6,11-12,14H,4,7-9H2. The molecule has 1 aliphatic heterocycles. The summed E-state index contributed by atoms with van der Waals surface area (Å²) >= 11 is 0. The molecular formula is C12H16FN. The summed E-state index contributed by atoms with van der Waals surface area (Å²) in [5.41, 5.74) is 1.09. The molecule has 2 unspecified atom stereocenters. The van der Waals surface area contributed by atoms with E-state index in [2.05, 4.69) is 5.32 Å². The summed E-state index contributed by atoms with van der Waals surface area (Å²) in [7, 11) is 0. The van der Waals surface area contributed by atoms with Crippen molar-refractivity contribution in [2.45, 2.75) is 31.5 Å².